The summed E-state index contributed by atoms with van der Waals surface area (Å²) in [5.74, 6) is 0.642. The largest absolute Gasteiger partial charge is 0.387 e. The maximum Gasteiger partial charge on any atom is 0.178 e. The molecule has 3 rings (SSSR count). The number of rotatable bonds is 5. The molecule has 0 amide bonds. The Morgan fingerprint density at radius 3 is 2.71 bits per heavy atom. The molecule has 0 saturated carbocycles. The molecule has 0 bridgehead atoms. The summed E-state index contributed by atoms with van der Waals surface area (Å²) in [6, 6.07) is 9.63. The van der Waals surface area contributed by atoms with Crippen LogP contribution in [0.3, 0.4) is 0 Å². The zero-order chi connectivity index (χ0) is 14.7. The Bertz CT molecular complexity index is 706. The molecule has 0 saturated heterocycles. The number of aromatic nitrogens is 7. The number of aliphatic hydroxyl groups excluding tert-OH is 1. The maximum atomic E-state index is 9.74. The predicted octanol–water partition coefficient (Wildman–Crippen LogP) is 0.745. The van der Waals surface area contributed by atoms with Crippen molar-refractivity contribution in [2.45, 2.75) is 26.0 Å². The number of benzene rings is 1. The highest BCUT2D eigenvalue weighted by atomic mass is 16.3. The summed E-state index contributed by atoms with van der Waals surface area (Å²) in [5.41, 5.74) is 1.43. The minimum atomic E-state index is -0.594. The minimum Gasteiger partial charge on any atom is -0.387 e. The van der Waals surface area contributed by atoms with E-state index in [1.165, 1.54) is 0 Å². The Balaban J connectivity index is 1.83. The third-order valence-electron chi connectivity index (χ3n) is 3.12. The number of para-hydroxylation sites is 1. The van der Waals surface area contributed by atoms with Crippen molar-refractivity contribution in [3.63, 3.8) is 0 Å². The smallest absolute Gasteiger partial charge is 0.178 e. The first-order valence-corrected chi connectivity index (χ1v) is 6.68. The standard InChI is InChI=1S/C13H15N7O/c1-2-12(21)11-8-19(17-14-11)9-13-15-16-18-20(13)10-6-4-3-5-7-10/h3-8,12,21H,2,9H2,1H3. The number of hydrogen-bond acceptors (Lipinski definition) is 6. The van der Waals surface area contributed by atoms with Gasteiger partial charge in [0.25, 0.3) is 0 Å². The molecular formula is C13H15N7O. The van der Waals surface area contributed by atoms with E-state index in [9.17, 15) is 5.11 Å². The van der Waals surface area contributed by atoms with Crippen LogP contribution in [0.2, 0.25) is 0 Å². The van der Waals surface area contributed by atoms with Crippen LogP contribution in [0.4, 0.5) is 0 Å². The van der Waals surface area contributed by atoms with Crippen LogP contribution in [0.1, 0.15) is 31.0 Å². The van der Waals surface area contributed by atoms with E-state index in [0.717, 1.165) is 5.69 Å². The summed E-state index contributed by atoms with van der Waals surface area (Å²) in [6.45, 7) is 2.27. The quantitative estimate of drug-likeness (QED) is 0.743. The van der Waals surface area contributed by atoms with Gasteiger partial charge in [-0.1, -0.05) is 30.3 Å². The molecule has 2 heterocycles. The van der Waals surface area contributed by atoms with Gasteiger partial charge in [-0.3, -0.25) is 0 Å². The maximum absolute atomic E-state index is 9.74. The number of aliphatic hydroxyl groups is 1. The normalized spacial score (nSPS) is 12.5. The van der Waals surface area contributed by atoms with E-state index >= 15 is 0 Å². The first kappa shape index (κ1) is 13.4. The highest BCUT2D eigenvalue weighted by molar-refractivity contribution is 5.30. The number of nitrogens with zero attached hydrogens (tertiary/aromatic N) is 7. The first-order valence-electron chi connectivity index (χ1n) is 6.68. The summed E-state index contributed by atoms with van der Waals surface area (Å²) < 4.78 is 3.26. The van der Waals surface area contributed by atoms with E-state index in [2.05, 4.69) is 25.8 Å². The number of hydrogen-bond donors (Lipinski definition) is 1. The molecule has 0 aliphatic carbocycles. The van der Waals surface area contributed by atoms with Gasteiger partial charge >= 0.3 is 0 Å². The summed E-state index contributed by atoms with van der Waals surface area (Å²) >= 11 is 0. The zero-order valence-corrected chi connectivity index (χ0v) is 11.5. The second-order valence-corrected chi connectivity index (χ2v) is 4.61. The van der Waals surface area contributed by atoms with Crippen LogP contribution in [0, 0.1) is 0 Å². The molecule has 8 heteroatoms. The lowest BCUT2D eigenvalue weighted by molar-refractivity contribution is 0.168. The van der Waals surface area contributed by atoms with Crippen LogP contribution in [0.5, 0.6) is 0 Å². The van der Waals surface area contributed by atoms with Gasteiger partial charge in [-0.2, -0.15) is 4.68 Å². The van der Waals surface area contributed by atoms with E-state index in [-0.39, 0.29) is 0 Å². The molecule has 0 aliphatic rings. The van der Waals surface area contributed by atoms with Crippen molar-refractivity contribution in [2.24, 2.45) is 0 Å². The zero-order valence-electron chi connectivity index (χ0n) is 11.5. The Morgan fingerprint density at radius 2 is 1.95 bits per heavy atom. The Kier molecular flexibility index (Phi) is 3.69. The van der Waals surface area contributed by atoms with Gasteiger partial charge in [-0.15, -0.1) is 10.2 Å². The van der Waals surface area contributed by atoms with Crippen LogP contribution >= 0.6 is 0 Å². The molecule has 8 nitrogen and oxygen atoms in total. The van der Waals surface area contributed by atoms with Gasteiger partial charge in [0.15, 0.2) is 5.82 Å². The van der Waals surface area contributed by atoms with E-state index in [1.807, 2.05) is 37.3 Å². The van der Waals surface area contributed by atoms with Gasteiger partial charge in [-0.05, 0) is 29.0 Å². The molecule has 3 aromatic rings. The van der Waals surface area contributed by atoms with E-state index < -0.39 is 6.10 Å². The Hall–Kier alpha value is -2.61. The van der Waals surface area contributed by atoms with Crippen molar-refractivity contribution in [2.75, 3.05) is 0 Å². The fraction of sp³-hybridized carbons (Fsp3) is 0.308. The monoisotopic (exact) mass is 285 g/mol. The van der Waals surface area contributed by atoms with Crippen LogP contribution in [-0.4, -0.2) is 40.3 Å². The van der Waals surface area contributed by atoms with Crippen molar-refractivity contribution in [1.82, 2.24) is 35.2 Å². The molecule has 1 N–H and O–H groups in total. The fourth-order valence-electron chi connectivity index (χ4n) is 1.97. The first-order chi connectivity index (χ1) is 10.3. The molecule has 0 radical (unpaired) electrons. The molecule has 108 valence electrons. The SMILES string of the molecule is CCC(O)c1cn(Cc2nnnn2-c2ccccc2)nn1. The molecule has 0 fully saturated rings. The molecule has 1 aromatic carbocycles. The van der Waals surface area contributed by atoms with Crippen molar-refractivity contribution < 1.29 is 5.11 Å². The second kappa shape index (κ2) is 5.80. The average Bonchev–Trinajstić information content (AvgIpc) is 3.17. The van der Waals surface area contributed by atoms with Crippen LogP contribution < -0.4 is 0 Å². The third-order valence-corrected chi connectivity index (χ3v) is 3.12. The highest BCUT2D eigenvalue weighted by Gasteiger charge is 2.13. The second-order valence-electron chi connectivity index (χ2n) is 4.61. The van der Waals surface area contributed by atoms with Gasteiger partial charge in [0.1, 0.15) is 12.2 Å². The van der Waals surface area contributed by atoms with Crippen molar-refractivity contribution >= 4 is 0 Å². The molecular weight excluding hydrogens is 270 g/mol. The van der Waals surface area contributed by atoms with Crippen LogP contribution in [-0.2, 0) is 6.54 Å². The Labute approximate surface area is 121 Å². The van der Waals surface area contributed by atoms with E-state index in [4.69, 9.17) is 0 Å². The van der Waals surface area contributed by atoms with Gasteiger partial charge in [0.05, 0.1) is 18.0 Å². The number of tetrazole rings is 1. The molecule has 0 aliphatic heterocycles. The lowest BCUT2D eigenvalue weighted by Gasteiger charge is -2.04. The lowest BCUT2D eigenvalue weighted by Crippen LogP contribution is -2.09. The van der Waals surface area contributed by atoms with Crippen molar-refractivity contribution in [1.29, 1.82) is 0 Å². The molecule has 21 heavy (non-hydrogen) atoms. The molecule has 1 unspecified atom stereocenters. The summed E-state index contributed by atoms with van der Waals surface area (Å²) in [7, 11) is 0. The van der Waals surface area contributed by atoms with Crippen molar-refractivity contribution in [3.8, 4) is 5.69 Å². The predicted molar refractivity (Wildman–Crippen MR) is 73.5 cm³/mol. The van der Waals surface area contributed by atoms with Gasteiger partial charge in [-0.25, -0.2) is 4.68 Å². The van der Waals surface area contributed by atoms with Gasteiger partial charge in [0, 0.05) is 0 Å². The van der Waals surface area contributed by atoms with Crippen molar-refractivity contribution in [3.05, 3.63) is 48.0 Å². The molecule has 2 aromatic heterocycles. The molecule has 1 atom stereocenters. The molecule has 0 spiro atoms. The summed E-state index contributed by atoms with van der Waals surface area (Å²) in [4.78, 5) is 0. The summed E-state index contributed by atoms with van der Waals surface area (Å²) in [5, 5.41) is 29.4. The van der Waals surface area contributed by atoms with Gasteiger partial charge < -0.3 is 5.11 Å². The van der Waals surface area contributed by atoms with E-state index in [0.29, 0.717) is 24.5 Å². The van der Waals surface area contributed by atoms with Crippen LogP contribution in [0.15, 0.2) is 36.5 Å². The highest BCUT2D eigenvalue weighted by Crippen LogP contribution is 2.13. The topological polar surface area (TPSA) is 94.5 Å². The summed E-state index contributed by atoms with van der Waals surface area (Å²) in [6.07, 6.45) is 1.71. The van der Waals surface area contributed by atoms with Gasteiger partial charge in [0.2, 0.25) is 0 Å². The average molecular weight is 285 g/mol. The lowest BCUT2D eigenvalue weighted by atomic mass is 10.2. The Morgan fingerprint density at radius 1 is 1.14 bits per heavy atom. The third kappa shape index (κ3) is 2.79. The van der Waals surface area contributed by atoms with E-state index in [1.54, 1.807) is 15.6 Å². The fourth-order valence-corrected chi connectivity index (χ4v) is 1.97. The van der Waals surface area contributed by atoms with Crippen LogP contribution in [0.25, 0.3) is 5.69 Å². The minimum absolute atomic E-state index is 0.380.